The summed E-state index contributed by atoms with van der Waals surface area (Å²) in [6, 6.07) is 72.0. The van der Waals surface area contributed by atoms with E-state index >= 15 is 0 Å². The van der Waals surface area contributed by atoms with E-state index in [1.807, 2.05) is 0 Å². The average Bonchev–Trinajstić information content (AvgIpc) is 4.17. The maximum absolute atomic E-state index is 7.06. The molecule has 0 fully saturated rings. The Morgan fingerprint density at radius 2 is 0.594 bits per heavy atom. The van der Waals surface area contributed by atoms with E-state index in [-0.39, 0.29) is 10.8 Å². The third-order valence-electron chi connectivity index (χ3n) is 16.4. The van der Waals surface area contributed by atoms with Crippen LogP contribution in [-0.2, 0) is 17.3 Å². The van der Waals surface area contributed by atoms with Crippen molar-refractivity contribution in [3.63, 3.8) is 0 Å². The van der Waals surface area contributed by atoms with Crippen molar-refractivity contribution >= 4 is 43.9 Å². The van der Waals surface area contributed by atoms with Crippen LogP contribution in [-0.4, -0.2) is 0 Å². The number of furan rings is 2. The van der Waals surface area contributed by atoms with E-state index < -0.39 is 0 Å². The van der Waals surface area contributed by atoms with Gasteiger partial charge in [-0.2, -0.15) is 0 Å². The van der Waals surface area contributed by atoms with Gasteiger partial charge in [0.1, 0.15) is 22.3 Å². The first-order valence-electron chi connectivity index (χ1n) is 24.4. The molecule has 3 aliphatic rings. The molecule has 0 amide bonds. The Balaban J connectivity index is 0.809. The van der Waals surface area contributed by atoms with Crippen LogP contribution < -0.4 is 0 Å². The third kappa shape index (κ3) is 5.32. The van der Waals surface area contributed by atoms with Gasteiger partial charge in [0, 0.05) is 54.6 Å². The Kier molecular flexibility index (Phi) is 7.72. The Labute approximate surface area is 401 Å². The summed E-state index contributed by atoms with van der Waals surface area (Å²) in [5.41, 5.74) is 28.7. The summed E-state index contributed by atoms with van der Waals surface area (Å²) in [5.74, 6) is 0. The van der Waals surface area contributed by atoms with Gasteiger partial charge in [-0.05, 0) is 120 Å². The van der Waals surface area contributed by atoms with E-state index in [1.165, 1.54) is 77.9 Å². The van der Waals surface area contributed by atoms with E-state index in [9.17, 15) is 0 Å². The lowest BCUT2D eigenvalue weighted by atomic mass is 9.81. The van der Waals surface area contributed by atoms with Crippen LogP contribution in [0.4, 0.5) is 0 Å². The Hall–Kier alpha value is -8.20. The minimum absolute atomic E-state index is 0.0790. The quantitative estimate of drug-likeness (QED) is 0.176. The molecule has 10 aromatic carbocycles. The first-order chi connectivity index (χ1) is 33.7. The summed E-state index contributed by atoms with van der Waals surface area (Å²) in [5, 5.41) is 4.54. The third-order valence-corrected chi connectivity index (χ3v) is 16.4. The van der Waals surface area contributed by atoms with Crippen molar-refractivity contribution in [2.45, 2.75) is 44.9 Å². The highest BCUT2D eigenvalue weighted by molar-refractivity contribution is 6.15. The van der Waals surface area contributed by atoms with Gasteiger partial charge in [0.05, 0.1) is 0 Å². The van der Waals surface area contributed by atoms with Crippen LogP contribution in [0.25, 0.3) is 122 Å². The van der Waals surface area contributed by atoms with Crippen molar-refractivity contribution in [3.8, 4) is 77.9 Å². The second kappa shape index (κ2) is 13.7. The van der Waals surface area contributed by atoms with E-state index in [0.717, 1.165) is 83.7 Å². The molecule has 12 aromatic rings. The molecule has 2 heterocycles. The summed E-state index contributed by atoms with van der Waals surface area (Å²) >= 11 is 0. The molecular formula is C67H46O2. The zero-order valence-corrected chi connectivity index (χ0v) is 39.0. The highest BCUT2D eigenvalue weighted by Crippen LogP contribution is 2.53. The van der Waals surface area contributed by atoms with Gasteiger partial charge >= 0.3 is 0 Å². The van der Waals surface area contributed by atoms with Gasteiger partial charge in [0.2, 0.25) is 0 Å². The second-order valence-electron chi connectivity index (χ2n) is 20.7. The fourth-order valence-electron chi connectivity index (χ4n) is 12.8. The van der Waals surface area contributed by atoms with Crippen LogP contribution >= 0.6 is 0 Å². The predicted octanol–water partition coefficient (Wildman–Crippen LogP) is 18.3. The van der Waals surface area contributed by atoms with Gasteiger partial charge in [0.25, 0.3) is 0 Å². The number of para-hydroxylation sites is 4. The molecule has 0 spiro atoms. The molecule has 3 aliphatic carbocycles. The SMILES string of the molecule is CC1(C)c2ccccc2-c2ccc(-c3cccc4c3oc3c(-c5ccc6c(c5)-c5cc(-c7cccc8c7oc7c(-c9ccc%10c(c9)C(C)(C)c9ccccc9-%10)cccc78)ccc5C6)cccc34)cc21. The second-order valence-corrected chi connectivity index (χ2v) is 20.7. The summed E-state index contributed by atoms with van der Waals surface area (Å²) in [7, 11) is 0. The van der Waals surface area contributed by atoms with E-state index in [2.05, 4.69) is 222 Å². The molecule has 0 saturated heterocycles. The first-order valence-corrected chi connectivity index (χ1v) is 24.4. The highest BCUT2D eigenvalue weighted by Gasteiger charge is 2.37. The Morgan fingerprint density at radius 1 is 0.275 bits per heavy atom. The molecule has 0 aliphatic heterocycles. The monoisotopic (exact) mass is 882 g/mol. The molecule has 2 heteroatoms. The molecule has 0 radical (unpaired) electrons. The smallest absolute Gasteiger partial charge is 0.143 e. The molecule has 326 valence electrons. The van der Waals surface area contributed by atoms with Crippen molar-refractivity contribution < 1.29 is 8.83 Å². The normalized spacial score (nSPS) is 14.6. The van der Waals surface area contributed by atoms with Crippen LogP contribution in [0.1, 0.15) is 61.1 Å². The predicted molar refractivity (Wildman–Crippen MR) is 286 cm³/mol. The summed E-state index contributed by atoms with van der Waals surface area (Å²) in [6.07, 6.45) is 0.910. The van der Waals surface area contributed by atoms with Crippen LogP contribution in [0.15, 0.2) is 203 Å². The van der Waals surface area contributed by atoms with Gasteiger partial charge in [0.15, 0.2) is 0 Å². The van der Waals surface area contributed by atoms with E-state index in [1.54, 1.807) is 0 Å². The summed E-state index contributed by atoms with van der Waals surface area (Å²) < 4.78 is 14.1. The molecule has 0 unspecified atom stereocenters. The number of benzene rings is 10. The van der Waals surface area contributed by atoms with Crippen molar-refractivity contribution in [1.82, 2.24) is 0 Å². The lowest BCUT2D eigenvalue weighted by Crippen LogP contribution is -2.14. The average molecular weight is 883 g/mol. The lowest BCUT2D eigenvalue weighted by Gasteiger charge is -2.22. The van der Waals surface area contributed by atoms with Crippen LogP contribution in [0, 0.1) is 0 Å². The molecule has 69 heavy (non-hydrogen) atoms. The largest absolute Gasteiger partial charge is 0.455 e. The molecule has 0 saturated carbocycles. The van der Waals surface area contributed by atoms with Crippen molar-refractivity contribution in [2.75, 3.05) is 0 Å². The summed E-state index contributed by atoms with van der Waals surface area (Å²) in [4.78, 5) is 0. The van der Waals surface area contributed by atoms with Crippen LogP contribution in [0.2, 0.25) is 0 Å². The number of fused-ring (bicyclic) bond motifs is 15. The molecule has 2 aromatic heterocycles. The van der Waals surface area contributed by atoms with Crippen LogP contribution in [0.5, 0.6) is 0 Å². The standard InChI is InChI=1S/C67H46O2/c1-66(2)58-23-7-5-13-48(58)50-31-29-42(36-60(50)66)46-17-11-21-54-52-19-9-15-44(62(52)68-64(46)54)40-27-25-38-33-39-26-28-41(35-57(39)56(38)34-40)45-16-10-20-53-55-22-12-18-47(65(55)69-63(45)53)43-30-32-51-49-14-6-8-24-59(49)67(3,4)61(51)37-43/h5-32,34-37H,33H2,1-4H3. The fourth-order valence-corrected chi connectivity index (χ4v) is 12.8. The highest BCUT2D eigenvalue weighted by atomic mass is 16.3. The minimum atomic E-state index is -0.0790. The fraction of sp³-hybridized carbons (Fsp3) is 0.104. The Bertz CT molecular complexity index is 3950. The van der Waals surface area contributed by atoms with Gasteiger partial charge in [-0.15, -0.1) is 0 Å². The van der Waals surface area contributed by atoms with E-state index in [4.69, 9.17) is 8.83 Å². The molecule has 2 nitrogen and oxygen atoms in total. The molecule has 0 atom stereocenters. The molecular weight excluding hydrogens is 837 g/mol. The van der Waals surface area contributed by atoms with Crippen molar-refractivity contribution in [2.24, 2.45) is 0 Å². The maximum Gasteiger partial charge on any atom is 0.143 e. The van der Waals surface area contributed by atoms with Gasteiger partial charge in [-0.25, -0.2) is 0 Å². The number of rotatable bonds is 4. The minimum Gasteiger partial charge on any atom is -0.455 e. The van der Waals surface area contributed by atoms with E-state index in [0.29, 0.717) is 0 Å². The molecule has 0 N–H and O–H groups in total. The van der Waals surface area contributed by atoms with Crippen LogP contribution in [0.3, 0.4) is 0 Å². The van der Waals surface area contributed by atoms with Crippen molar-refractivity contribution in [1.29, 1.82) is 0 Å². The molecule has 0 bridgehead atoms. The topological polar surface area (TPSA) is 26.3 Å². The summed E-state index contributed by atoms with van der Waals surface area (Å²) in [6.45, 7) is 9.38. The van der Waals surface area contributed by atoms with Gasteiger partial charge in [-0.1, -0.05) is 198 Å². The zero-order valence-electron chi connectivity index (χ0n) is 39.0. The molecule has 15 rings (SSSR count). The van der Waals surface area contributed by atoms with Gasteiger partial charge < -0.3 is 8.83 Å². The Morgan fingerprint density at radius 3 is 0.986 bits per heavy atom. The number of hydrogen-bond donors (Lipinski definition) is 0. The maximum atomic E-state index is 7.06. The number of hydrogen-bond acceptors (Lipinski definition) is 2. The van der Waals surface area contributed by atoms with Crippen molar-refractivity contribution in [3.05, 3.63) is 228 Å². The lowest BCUT2D eigenvalue weighted by molar-refractivity contribution is 0.660. The first kappa shape index (κ1) is 38.9. The van der Waals surface area contributed by atoms with Gasteiger partial charge in [-0.3, -0.25) is 0 Å². The zero-order chi connectivity index (χ0) is 45.9.